The summed E-state index contributed by atoms with van der Waals surface area (Å²) in [7, 11) is 0. The Morgan fingerprint density at radius 3 is 2.43 bits per heavy atom. The lowest BCUT2D eigenvalue weighted by molar-refractivity contribution is -0.419. The van der Waals surface area contributed by atoms with Gasteiger partial charge in [-0.25, -0.2) is 5.06 Å². The number of allylic oxidation sites excluding steroid dienone is 4. The van der Waals surface area contributed by atoms with Crippen molar-refractivity contribution in [1.82, 2.24) is 0 Å². The Balaban J connectivity index is 2.18. The molecule has 0 aromatic heterocycles. The van der Waals surface area contributed by atoms with Gasteiger partial charge in [0.1, 0.15) is 5.69 Å². The second kappa shape index (κ2) is 4.54. The van der Waals surface area contributed by atoms with Gasteiger partial charge in [-0.2, -0.15) is 5.06 Å². The molecule has 8 heteroatoms. The largest absolute Gasteiger partial charge is 0.289 e. The van der Waals surface area contributed by atoms with E-state index >= 15 is 0 Å². The van der Waals surface area contributed by atoms with Crippen molar-refractivity contribution < 1.29 is 20.1 Å². The molecule has 0 atom stereocenters. The van der Waals surface area contributed by atoms with Gasteiger partial charge < -0.3 is 0 Å². The number of ketones is 1. The fourth-order valence-corrected chi connectivity index (χ4v) is 2.16. The average Bonchev–Trinajstić information content (AvgIpc) is 2.72. The molecule has 0 spiro atoms. The first-order valence-corrected chi connectivity index (χ1v) is 5.89. The highest BCUT2D eigenvalue weighted by Crippen LogP contribution is 2.41. The molecule has 1 aromatic carbocycles. The molecule has 1 radical (unpaired) electrons. The van der Waals surface area contributed by atoms with Gasteiger partial charge in [-0.3, -0.25) is 20.1 Å². The van der Waals surface area contributed by atoms with Gasteiger partial charge in [0.15, 0.2) is 11.6 Å². The molecule has 0 fully saturated rings. The third-order valence-corrected chi connectivity index (χ3v) is 3.14. The molecular formula is C13H8N3O5. The Morgan fingerprint density at radius 1 is 1.14 bits per heavy atom. The standard InChI is InChI=1S/C13H8N3O5/c17-12-6-5-8(16(20)21)7-9(12)13-14(18)10-3-1-2-4-11(10)15(13)19/h1-7,18H/b13-9+. The van der Waals surface area contributed by atoms with Crippen molar-refractivity contribution in [2.75, 3.05) is 10.1 Å². The summed E-state index contributed by atoms with van der Waals surface area (Å²) in [4.78, 5) is 22.0. The average molecular weight is 286 g/mol. The van der Waals surface area contributed by atoms with Crippen molar-refractivity contribution in [3.63, 3.8) is 0 Å². The summed E-state index contributed by atoms with van der Waals surface area (Å²) in [6.07, 6.45) is 3.01. The van der Waals surface area contributed by atoms with E-state index < -0.39 is 10.7 Å². The summed E-state index contributed by atoms with van der Waals surface area (Å²) >= 11 is 0. The van der Waals surface area contributed by atoms with Crippen LogP contribution in [0.4, 0.5) is 11.4 Å². The van der Waals surface area contributed by atoms with Crippen molar-refractivity contribution in [1.29, 1.82) is 0 Å². The van der Waals surface area contributed by atoms with Crippen LogP contribution in [0.5, 0.6) is 0 Å². The summed E-state index contributed by atoms with van der Waals surface area (Å²) in [5.41, 5.74) is -0.220. The molecule has 0 bridgehead atoms. The zero-order valence-electron chi connectivity index (χ0n) is 10.5. The number of hydrogen-bond acceptors (Lipinski definition) is 6. The molecule has 1 aromatic rings. The Kier molecular flexibility index (Phi) is 2.82. The maximum atomic E-state index is 12.2. The minimum Gasteiger partial charge on any atom is -0.289 e. The van der Waals surface area contributed by atoms with Crippen LogP contribution in [0.2, 0.25) is 0 Å². The quantitative estimate of drug-likeness (QED) is 0.477. The van der Waals surface area contributed by atoms with Crippen LogP contribution in [0.15, 0.2) is 59.6 Å². The van der Waals surface area contributed by atoms with Crippen LogP contribution in [0.3, 0.4) is 0 Å². The second-order valence-corrected chi connectivity index (χ2v) is 4.36. The Bertz CT molecular complexity index is 719. The minimum absolute atomic E-state index is 0.154. The molecule has 0 amide bonds. The van der Waals surface area contributed by atoms with Crippen LogP contribution in [-0.4, -0.2) is 15.9 Å². The molecule has 0 saturated carbocycles. The van der Waals surface area contributed by atoms with Crippen LogP contribution < -0.4 is 10.1 Å². The predicted molar refractivity (Wildman–Crippen MR) is 70.1 cm³/mol. The molecule has 0 unspecified atom stereocenters. The van der Waals surface area contributed by atoms with Crippen LogP contribution >= 0.6 is 0 Å². The minimum atomic E-state index is -0.678. The van der Waals surface area contributed by atoms with Gasteiger partial charge in [0.25, 0.3) is 5.70 Å². The number of carbonyl (C=O) groups is 1. The van der Waals surface area contributed by atoms with E-state index in [4.69, 9.17) is 0 Å². The number of benzene rings is 1. The molecule has 2 aliphatic rings. The first-order valence-electron chi connectivity index (χ1n) is 5.89. The molecule has 105 valence electrons. The highest BCUT2D eigenvalue weighted by Gasteiger charge is 2.36. The first kappa shape index (κ1) is 13.0. The summed E-state index contributed by atoms with van der Waals surface area (Å²) in [5.74, 6) is -0.951. The highest BCUT2D eigenvalue weighted by atomic mass is 16.6. The molecule has 1 aliphatic heterocycles. The summed E-state index contributed by atoms with van der Waals surface area (Å²) in [6.45, 7) is 0. The van der Waals surface area contributed by atoms with Gasteiger partial charge in [0, 0.05) is 12.2 Å². The molecule has 1 heterocycles. The Labute approximate surface area is 118 Å². The van der Waals surface area contributed by atoms with E-state index in [0.717, 1.165) is 18.2 Å². The van der Waals surface area contributed by atoms with Gasteiger partial charge in [0.05, 0.1) is 16.2 Å². The lowest BCUT2D eigenvalue weighted by Crippen LogP contribution is -2.26. The molecule has 8 nitrogen and oxygen atoms in total. The lowest BCUT2D eigenvalue weighted by Gasteiger charge is -2.16. The van der Waals surface area contributed by atoms with E-state index in [9.17, 15) is 25.3 Å². The van der Waals surface area contributed by atoms with Gasteiger partial charge in [0.2, 0.25) is 0 Å². The predicted octanol–water partition coefficient (Wildman–Crippen LogP) is 1.56. The number of rotatable bonds is 1. The third kappa shape index (κ3) is 1.90. The fraction of sp³-hybridized carbons (Fsp3) is 0. The van der Waals surface area contributed by atoms with Crippen molar-refractivity contribution in [2.24, 2.45) is 0 Å². The normalized spacial score (nSPS) is 20.7. The maximum absolute atomic E-state index is 12.2. The molecular weight excluding hydrogens is 278 g/mol. The van der Waals surface area contributed by atoms with Crippen molar-refractivity contribution >= 4 is 17.2 Å². The number of nitro groups is 1. The van der Waals surface area contributed by atoms with E-state index in [1.807, 2.05) is 0 Å². The van der Waals surface area contributed by atoms with E-state index in [0.29, 0.717) is 10.1 Å². The second-order valence-electron chi connectivity index (χ2n) is 4.36. The van der Waals surface area contributed by atoms with Gasteiger partial charge in [-0.1, -0.05) is 17.3 Å². The maximum Gasteiger partial charge on any atom is 0.270 e. The van der Waals surface area contributed by atoms with Crippen LogP contribution in [0.1, 0.15) is 0 Å². The number of hydrogen-bond donors (Lipinski definition) is 1. The number of hydroxylamine groups is 2. The summed E-state index contributed by atoms with van der Waals surface area (Å²) in [6, 6.07) is 6.19. The van der Waals surface area contributed by atoms with Gasteiger partial charge in [-0.15, -0.1) is 0 Å². The van der Waals surface area contributed by atoms with Crippen LogP contribution in [-0.2, 0) is 10.0 Å². The highest BCUT2D eigenvalue weighted by molar-refractivity contribution is 6.09. The zero-order chi connectivity index (χ0) is 15.1. The van der Waals surface area contributed by atoms with Gasteiger partial charge >= 0.3 is 0 Å². The van der Waals surface area contributed by atoms with Gasteiger partial charge in [-0.05, 0) is 18.2 Å². The van der Waals surface area contributed by atoms with Crippen LogP contribution in [0.25, 0.3) is 0 Å². The van der Waals surface area contributed by atoms with E-state index in [-0.39, 0.29) is 28.5 Å². The van der Waals surface area contributed by atoms with Crippen LogP contribution in [0, 0.1) is 10.1 Å². The topological polar surface area (TPSA) is 107 Å². The molecule has 3 rings (SSSR count). The fourth-order valence-electron chi connectivity index (χ4n) is 2.16. The molecule has 1 N–H and O–H groups in total. The van der Waals surface area contributed by atoms with Crippen molar-refractivity contribution in [3.8, 4) is 0 Å². The Hall–Kier alpha value is -2.97. The van der Waals surface area contributed by atoms with Crippen molar-refractivity contribution in [2.45, 2.75) is 0 Å². The monoisotopic (exact) mass is 286 g/mol. The number of anilines is 2. The van der Waals surface area contributed by atoms with E-state index in [1.54, 1.807) is 12.1 Å². The smallest absolute Gasteiger partial charge is 0.270 e. The number of nitrogens with zero attached hydrogens (tertiary/aromatic N) is 3. The van der Waals surface area contributed by atoms with E-state index in [1.165, 1.54) is 12.1 Å². The summed E-state index contributed by atoms with van der Waals surface area (Å²) < 4.78 is 0. The van der Waals surface area contributed by atoms with E-state index in [2.05, 4.69) is 0 Å². The Morgan fingerprint density at radius 2 is 1.81 bits per heavy atom. The number of fused-ring (bicyclic) bond motifs is 1. The zero-order valence-corrected chi connectivity index (χ0v) is 10.5. The number of para-hydroxylation sites is 2. The molecule has 0 saturated heterocycles. The SMILES string of the molecule is [O]N1/C(=C2\C=C([N+](=O)[O-])C=CC2=O)N(O)c2ccccc21. The first-order chi connectivity index (χ1) is 10.0. The van der Waals surface area contributed by atoms with Crippen molar-refractivity contribution in [3.05, 3.63) is 69.7 Å². The molecule has 1 aliphatic carbocycles. The number of carbonyl (C=O) groups excluding carboxylic acids is 1. The lowest BCUT2D eigenvalue weighted by atomic mass is 10.0. The third-order valence-electron chi connectivity index (χ3n) is 3.14. The summed E-state index contributed by atoms with van der Waals surface area (Å²) in [5, 5.41) is 34.0. The molecule has 21 heavy (non-hydrogen) atoms.